The van der Waals surface area contributed by atoms with E-state index in [4.69, 9.17) is 0 Å². The maximum atomic E-state index is 4.66. The van der Waals surface area contributed by atoms with Crippen molar-refractivity contribution in [2.75, 3.05) is 31.6 Å². The van der Waals surface area contributed by atoms with Gasteiger partial charge in [0.2, 0.25) is 0 Å². The van der Waals surface area contributed by atoms with E-state index in [1.807, 2.05) is 19.3 Å². The van der Waals surface area contributed by atoms with Crippen molar-refractivity contribution in [3.05, 3.63) is 24.5 Å². The summed E-state index contributed by atoms with van der Waals surface area (Å²) in [5, 5.41) is 7.45. The lowest BCUT2D eigenvalue weighted by molar-refractivity contribution is 0.401. The van der Waals surface area contributed by atoms with Gasteiger partial charge in [-0.15, -0.1) is 0 Å². The second-order valence-corrected chi connectivity index (χ2v) is 4.93. The predicted molar refractivity (Wildman–Crippen MR) is 71.9 cm³/mol. The maximum Gasteiger partial charge on any atom is 0.157 e. The van der Waals surface area contributed by atoms with Gasteiger partial charge < -0.3 is 10.2 Å². The third-order valence-corrected chi connectivity index (χ3v) is 3.58. The highest BCUT2D eigenvalue weighted by molar-refractivity contribution is 5.47. The Hall–Kier alpha value is -1.62. The standard InChI is InChI=1S/C13H19N5/c1-14-9-11-3-2-7-17(10-11)12-5-8-18-13(16-12)4-6-15-18/h4-6,8,11,14H,2-3,7,9-10H2,1H3. The molecule has 1 saturated heterocycles. The van der Waals surface area contributed by atoms with E-state index in [9.17, 15) is 0 Å². The van der Waals surface area contributed by atoms with Gasteiger partial charge in [0.1, 0.15) is 5.82 Å². The van der Waals surface area contributed by atoms with Crippen LogP contribution in [0.4, 0.5) is 5.82 Å². The summed E-state index contributed by atoms with van der Waals surface area (Å²) in [4.78, 5) is 7.05. The first kappa shape index (κ1) is 11.5. The minimum absolute atomic E-state index is 0.728. The van der Waals surface area contributed by atoms with Gasteiger partial charge in [-0.2, -0.15) is 5.10 Å². The van der Waals surface area contributed by atoms with Crippen molar-refractivity contribution in [2.45, 2.75) is 12.8 Å². The normalized spacial score (nSPS) is 20.5. The van der Waals surface area contributed by atoms with Crippen molar-refractivity contribution in [3.8, 4) is 0 Å². The minimum Gasteiger partial charge on any atom is -0.356 e. The third-order valence-electron chi connectivity index (χ3n) is 3.58. The molecule has 0 amide bonds. The number of rotatable bonds is 3. The zero-order valence-corrected chi connectivity index (χ0v) is 10.7. The molecule has 1 N–H and O–H groups in total. The molecular formula is C13H19N5. The van der Waals surface area contributed by atoms with Crippen LogP contribution in [-0.4, -0.2) is 41.3 Å². The number of hydrogen-bond acceptors (Lipinski definition) is 4. The van der Waals surface area contributed by atoms with Gasteiger partial charge >= 0.3 is 0 Å². The molecule has 1 fully saturated rings. The number of anilines is 1. The Balaban J connectivity index is 1.80. The molecule has 0 spiro atoms. The number of aromatic nitrogens is 3. The van der Waals surface area contributed by atoms with E-state index >= 15 is 0 Å². The zero-order valence-electron chi connectivity index (χ0n) is 10.7. The predicted octanol–water partition coefficient (Wildman–Crippen LogP) is 1.17. The SMILES string of the molecule is CNCC1CCCN(c2ccn3nccc3n2)C1. The smallest absolute Gasteiger partial charge is 0.157 e. The molecule has 0 radical (unpaired) electrons. The van der Waals surface area contributed by atoms with Crippen LogP contribution < -0.4 is 10.2 Å². The highest BCUT2D eigenvalue weighted by Gasteiger charge is 2.20. The average Bonchev–Trinajstić information content (AvgIpc) is 2.86. The Kier molecular flexibility index (Phi) is 3.15. The van der Waals surface area contributed by atoms with Gasteiger partial charge in [-0.05, 0) is 38.4 Å². The van der Waals surface area contributed by atoms with Crippen LogP contribution in [0.1, 0.15) is 12.8 Å². The molecule has 0 aliphatic carbocycles. The van der Waals surface area contributed by atoms with Crippen LogP contribution in [0.25, 0.3) is 5.65 Å². The molecule has 3 rings (SSSR count). The molecule has 1 unspecified atom stereocenters. The van der Waals surface area contributed by atoms with Crippen LogP contribution in [0.5, 0.6) is 0 Å². The fraction of sp³-hybridized carbons (Fsp3) is 0.538. The van der Waals surface area contributed by atoms with Crippen molar-refractivity contribution in [3.63, 3.8) is 0 Å². The van der Waals surface area contributed by atoms with E-state index in [1.165, 1.54) is 12.8 Å². The molecule has 2 aromatic rings. The summed E-state index contributed by atoms with van der Waals surface area (Å²) in [5.74, 6) is 1.80. The molecule has 3 heterocycles. The van der Waals surface area contributed by atoms with Crippen molar-refractivity contribution in [2.24, 2.45) is 5.92 Å². The topological polar surface area (TPSA) is 45.5 Å². The summed E-state index contributed by atoms with van der Waals surface area (Å²) in [5.41, 5.74) is 0.920. The zero-order chi connectivity index (χ0) is 12.4. The summed E-state index contributed by atoms with van der Waals surface area (Å²) in [7, 11) is 2.02. The number of nitrogens with one attached hydrogen (secondary N) is 1. The van der Waals surface area contributed by atoms with E-state index in [-0.39, 0.29) is 0 Å². The van der Waals surface area contributed by atoms with Crippen LogP contribution in [-0.2, 0) is 0 Å². The van der Waals surface area contributed by atoms with Crippen molar-refractivity contribution < 1.29 is 0 Å². The largest absolute Gasteiger partial charge is 0.356 e. The fourth-order valence-electron chi connectivity index (χ4n) is 2.71. The van der Waals surface area contributed by atoms with Gasteiger partial charge in [0.15, 0.2) is 5.65 Å². The van der Waals surface area contributed by atoms with E-state index < -0.39 is 0 Å². The second kappa shape index (κ2) is 4.94. The van der Waals surface area contributed by atoms with Crippen LogP contribution >= 0.6 is 0 Å². The Morgan fingerprint density at radius 2 is 2.39 bits per heavy atom. The van der Waals surface area contributed by atoms with E-state index in [0.29, 0.717) is 0 Å². The van der Waals surface area contributed by atoms with Crippen molar-refractivity contribution >= 4 is 11.5 Å². The molecule has 0 aromatic carbocycles. The highest BCUT2D eigenvalue weighted by atomic mass is 15.3. The third kappa shape index (κ3) is 2.18. The molecule has 2 aromatic heterocycles. The Bertz CT molecular complexity index is 519. The van der Waals surface area contributed by atoms with Crippen molar-refractivity contribution in [1.82, 2.24) is 19.9 Å². The summed E-state index contributed by atoms with van der Waals surface area (Å²) in [6, 6.07) is 4.00. The first-order valence-electron chi connectivity index (χ1n) is 6.57. The highest BCUT2D eigenvalue weighted by Crippen LogP contribution is 2.21. The summed E-state index contributed by atoms with van der Waals surface area (Å²) in [6.07, 6.45) is 6.33. The summed E-state index contributed by atoms with van der Waals surface area (Å²) in [6.45, 7) is 3.29. The average molecular weight is 245 g/mol. The van der Waals surface area contributed by atoms with Crippen LogP contribution in [0.2, 0.25) is 0 Å². The molecule has 96 valence electrons. The molecule has 0 saturated carbocycles. The Morgan fingerprint density at radius 1 is 1.44 bits per heavy atom. The first-order valence-corrected chi connectivity index (χ1v) is 6.57. The van der Waals surface area contributed by atoms with Crippen LogP contribution in [0, 0.1) is 5.92 Å². The lowest BCUT2D eigenvalue weighted by Crippen LogP contribution is -2.39. The lowest BCUT2D eigenvalue weighted by Gasteiger charge is -2.33. The van der Waals surface area contributed by atoms with Gasteiger partial charge in [-0.1, -0.05) is 0 Å². The first-order chi connectivity index (χ1) is 8.86. The molecule has 5 heteroatoms. The second-order valence-electron chi connectivity index (χ2n) is 4.93. The molecule has 1 aliphatic rings. The van der Waals surface area contributed by atoms with Crippen LogP contribution in [0.3, 0.4) is 0 Å². The lowest BCUT2D eigenvalue weighted by atomic mass is 9.98. The summed E-state index contributed by atoms with van der Waals surface area (Å²) >= 11 is 0. The Morgan fingerprint density at radius 3 is 3.28 bits per heavy atom. The molecular weight excluding hydrogens is 226 g/mol. The van der Waals surface area contributed by atoms with E-state index in [1.54, 1.807) is 10.7 Å². The molecule has 0 bridgehead atoms. The monoisotopic (exact) mass is 245 g/mol. The fourth-order valence-corrected chi connectivity index (χ4v) is 2.71. The molecule has 1 atom stereocenters. The van der Waals surface area contributed by atoms with Gasteiger partial charge in [0.25, 0.3) is 0 Å². The van der Waals surface area contributed by atoms with Gasteiger partial charge in [0.05, 0.1) is 6.20 Å². The van der Waals surface area contributed by atoms with Gasteiger partial charge in [0, 0.05) is 25.4 Å². The quantitative estimate of drug-likeness (QED) is 0.881. The van der Waals surface area contributed by atoms with E-state index in [2.05, 4.69) is 26.4 Å². The number of hydrogen-bond donors (Lipinski definition) is 1. The minimum atomic E-state index is 0.728. The van der Waals surface area contributed by atoms with Crippen LogP contribution in [0.15, 0.2) is 24.5 Å². The van der Waals surface area contributed by atoms with Gasteiger partial charge in [-0.25, -0.2) is 9.50 Å². The number of piperidine rings is 1. The maximum absolute atomic E-state index is 4.66. The van der Waals surface area contributed by atoms with Gasteiger partial charge in [-0.3, -0.25) is 0 Å². The molecule has 18 heavy (non-hydrogen) atoms. The molecule has 1 aliphatic heterocycles. The molecule has 5 nitrogen and oxygen atoms in total. The van der Waals surface area contributed by atoms with E-state index in [0.717, 1.165) is 37.0 Å². The Labute approximate surface area is 107 Å². The number of nitrogens with zero attached hydrogens (tertiary/aromatic N) is 4. The number of fused-ring (bicyclic) bond motifs is 1. The van der Waals surface area contributed by atoms with Crippen molar-refractivity contribution in [1.29, 1.82) is 0 Å². The summed E-state index contributed by atoms with van der Waals surface area (Å²) < 4.78 is 1.80.